The maximum Gasteiger partial charge on any atom is 0.423 e. The highest BCUT2D eigenvalue weighted by atomic mass is 16.6. The first-order valence-electron chi connectivity index (χ1n) is 7.25. The van der Waals surface area contributed by atoms with Gasteiger partial charge in [-0.15, -0.1) is 0 Å². The van der Waals surface area contributed by atoms with E-state index >= 15 is 0 Å². The molecule has 0 bridgehead atoms. The van der Waals surface area contributed by atoms with E-state index in [0.717, 1.165) is 0 Å². The molecule has 0 heterocycles. The first-order valence-corrected chi connectivity index (χ1v) is 7.25. The number of esters is 4. The first-order chi connectivity index (χ1) is 12.4. The second-order valence-corrected chi connectivity index (χ2v) is 4.81. The Labute approximate surface area is 148 Å². The normalized spacial score (nSPS) is 9.77. The van der Waals surface area contributed by atoms with Gasteiger partial charge in [-0.05, 0) is 48.5 Å². The van der Waals surface area contributed by atoms with Gasteiger partial charge in [-0.1, -0.05) is 0 Å². The van der Waals surface area contributed by atoms with Crippen molar-refractivity contribution < 1.29 is 38.1 Å². The highest BCUT2D eigenvalue weighted by molar-refractivity contribution is 6.31. The minimum Gasteiger partial charge on any atom is -0.465 e. The van der Waals surface area contributed by atoms with Crippen LogP contribution in [-0.4, -0.2) is 38.1 Å². The van der Waals surface area contributed by atoms with Gasteiger partial charge in [-0.2, -0.15) is 0 Å². The van der Waals surface area contributed by atoms with Crippen LogP contribution in [0, 0.1) is 0 Å². The van der Waals surface area contributed by atoms with Crippen molar-refractivity contribution in [1.29, 1.82) is 0 Å². The van der Waals surface area contributed by atoms with E-state index in [1.54, 1.807) is 0 Å². The fourth-order valence-electron chi connectivity index (χ4n) is 1.85. The predicted octanol–water partition coefficient (Wildman–Crippen LogP) is 1.77. The molecule has 0 aliphatic rings. The van der Waals surface area contributed by atoms with Gasteiger partial charge in [0.2, 0.25) is 0 Å². The Balaban J connectivity index is 1.96. The van der Waals surface area contributed by atoms with Gasteiger partial charge in [0, 0.05) is 0 Å². The Hall–Kier alpha value is -3.68. The minimum absolute atomic E-state index is 0.0562. The van der Waals surface area contributed by atoms with Crippen LogP contribution in [0.15, 0.2) is 48.5 Å². The summed E-state index contributed by atoms with van der Waals surface area (Å²) in [5.74, 6) is -3.46. The van der Waals surface area contributed by atoms with E-state index in [1.165, 1.54) is 62.8 Å². The average molecular weight is 358 g/mol. The summed E-state index contributed by atoms with van der Waals surface area (Å²) in [4.78, 5) is 46.1. The summed E-state index contributed by atoms with van der Waals surface area (Å²) in [6.45, 7) is 0. The van der Waals surface area contributed by atoms with Crippen molar-refractivity contribution in [3.63, 3.8) is 0 Å². The van der Waals surface area contributed by atoms with Gasteiger partial charge in [-0.3, -0.25) is 0 Å². The molecule has 0 fully saturated rings. The molecule has 0 aliphatic heterocycles. The van der Waals surface area contributed by atoms with E-state index in [0.29, 0.717) is 0 Å². The highest BCUT2D eigenvalue weighted by Crippen LogP contribution is 2.15. The lowest BCUT2D eigenvalue weighted by Gasteiger charge is -2.06. The minimum atomic E-state index is -1.24. The van der Waals surface area contributed by atoms with Gasteiger partial charge in [0.1, 0.15) is 11.5 Å². The lowest BCUT2D eigenvalue weighted by molar-refractivity contribution is -0.156. The molecule has 0 unspecified atom stereocenters. The van der Waals surface area contributed by atoms with Crippen molar-refractivity contribution in [2.75, 3.05) is 14.2 Å². The van der Waals surface area contributed by atoms with Gasteiger partial charge < -0.3 is 18.9 Å². The molecule has 0 saturated heterocycles. The summed E-state index contributed by atoms with van der Waals surface area (Å²) < 4.78 is 18.8. The van der Waals surface area contributed by atoms with Crippen LogP contribution in [0.1, 0.15) is 20.7 Å². The number of carbonyl (C=O) groups is 4. The summed E-state index contributed by atoms with van der Waals surface area (Å²) in [5.41, 5.74) is 0.529. The molecule has 2 aromatic rings. The zero-order valence-corrected chi connectivity index (χ0v) is 13.9. The SMILES string of the molecule is COC(=O)c1ccc(OC(=O)C(=O)Oc2ccc(C(=O)OC)cc2)cc1. The second kappa shape index (κ2) is 8.43. The third-order valence-electron chi connectivity index (χ3n) is 3.14. The molecule has 2 aromatic carbocycles. The molecule has 0 spiro atoms. The number of hydrogen-bond acceptors (Lipinski definition) is 8. The molecule has 8 heteroatoms. The Kier molecular flexibility index (Phi) is 6.05. The Morgan fingerprint density at radius 1 is 0.577 bits per heavy atom. The van der Waals surface area contributed by atoms with Crippen LogP contribution in [0.25, 0.3) is 0 Å². The summed E-state index contributed by atoms with van der Waals surface area (Å²) >= 11 is 0. The topological polar surface area (TPSA) is 105 Å². The maximum absolute atomic E-state index is 11.8. The molecule has 26 heavy (non-hydrogen) atoms. The Morgan fingerprint density at radius 3 is 1.15 bits per heavy atom. The number of hydrogen-bond donors (Lipinski definition) is 0. The second-order valence-electron chi connectivity index (χ2n) is 4.81. The molecule has 0 aromatic heterocycles. The lowest BCUT2D eigenvalue weighted by atomic mass is 10.2. The zero-order chi connectivity index (χ0) is 19.1. The molecule has 8 nitrogen and oxygen atoms in total. The summed E-state index contributed by atoms with van der Waals surface area (Å²) in [6.07, 6.45) is 0. The highest BCUT2D eigenvalue weighted by Gasteiger charge is 2.20. The van der Waals surface area contributed by atoms with E-state index in [2.05, 4.69) is 9.47 Å². The molecule has 0 atom stereocenters. The molecule has 0 saturated carbocycles. The van der Waals surface area contributed by atoms with Crippen LogP contribution >= 0.6 is 0 Å². The van der Waals surface area contributed by atoms with Crippen LogP contribution < -0.4 is 9.47 Å². The fraction of sp³-hybridized carbons (Fsp3) is 0.111. The van der Waals surface area contributed by atoms with Crippen molar-refractivity contribution in [2.24, 2.45) is 0 Å². The Bertz CT molecular complexity index is 750. The van der Waals surface area contributed by atoms with Crippen LogP contribution in [-0.2, 0) is 19.1 Å². The van der Waals surface area contributed by atoms with Crippen molar-refractivity contribution in [1.82, 2.24) is 0 Å². The van der Waals surface area contributed by atoms with Crippen molar-refractivity contribution >= 4 is 23.9 Å². The third kappa shape index (κ3) is 4.67. The summed E-state index contributed by atoms with van der Waals surface area (Å²) in [7, 11) is 2.48. The van der Waals surface area contributed by atoms with Crippen LogP contribution in [0.5, 0.6) is 11.5 Å². The van der Waals surface area contributed by atoms with E-state index in [-0.39, 0.29) is 22.6 Å². The monoisotopic (exact) mass is 358 g/mol. The average Bonchev–Trinajstić information content (AvgIpc) is 2.67. The van der Waals surface area contributed by atoms with Crippen molar-refractivity contribution in [2.45, 2.75) is 0 Å². The largest absolute Gasteiger partial charge is 0.465 e. The number of rotatable bonds is 4. The number of methoxy groups -OCH3 is 2. The zero-order valence-electron chi connectivity index (χ0n) is 13.9. The van der Waals surface area contributed by atoms with Gasteiger partial charge in [0.15, 0.2) is 0 Å². The standard InChI is InChI=1S/C18H14O8/c1-23-15(19)11-3-7-13(8-4-11)25-17(21)18(22)26-14-9-5-12(6-10-14)16(20)24-2/h3-10H,1-2H3. The van der Waals surface area contributed by atoms with E-state index < -0.39 is 23.9 Å². The number of carbonyl (C=O) groups excluding carboxylic acids is 4. The van der Waals surface area contributed by atoms with Crippen LogP contribution in [0.2, 0.25) is 0 Å². The van der Waals surface area contributed by atoms with Crippen molar-refractivity contribution in [3.05, 3.63) is 59.7 Å². The first kappa shape index (κ1) is 18.7. The quantitative estimate of drug-likeness (QED) is 0.463. The summed E-state index contributed by atoms with van der Waals surface area (Å²) in [6, 6.07) is 10.9. The Morgan fingerprint density at radius 2 is 0.885 bits per heavy atom. The van der Waals surface area contributed by atoms with Gasteiger partial charge in [-0.25, -0.2) is 19.2 Å². The molecule has 2 rings (SSSR count). The molecule has 0 N–H and O–H groups in total. The van der Waals surface area contributed by atoms with Crippen molar-refractivity contribution in [3.8, 4) is 11.5 Å². The number of benzene rings is 2. The molecule has 0 aliphatic carbocycles. The van der Waals surface area contributed by atoms with E-state index in [9.17, 15) is 19.2 Å². The van der Waals surface area contributed by atoms with Crippen LogP contribution in [0.4, 0.5) is 0 Å². The van der Waals surface area contributed by atoms with E-state index in [1.807, 2.05) is 0 Å². The lowest BCUT2D eigenvalue weighted by Crippen LogP contribution is -2.25. The molecule has 134 valence electrons. The molecular formula is C18H14O8. The fourth-order valence-corrected chi connectivity index (χ4v) is 1.85. The van der Waals surface area contributed by atoms with Crippen LogP contribution in [0.3, 0.4) is 0 Å². The van der Waals surface area contributed by atoms with Gasteiger partial charge in [0.05, 0.1) is 25.3 Å². The molecule has 0 radical (unpaired) electrons. The number of ether oxygens (including phenoxy) is 4. The molecular weight excluding hydrogens is 344 g/mol. The summed E-state index contributed by atoms with van der Waals surface area (Å²) in [5, 5.41) is 0. The van der Waals surface area contributed by atoms with Gasteiger partial charge in [0.25, 0.3) is 0 Å². The smallest absolute Gasteiger partial charge is 0.423 e. The molecule has 0 amide bonds. The maximum atomic E-state index is 11.8. The van der Waals surface area contributed by atoms with Gasteiger partial charge >= 0.3 is 23.9 Å². The predicted molar refractivity (Wildman–Crippen MR) is 86.8 cm³/mol. The third-order valence-corrected chi connectivity index (χ3v) is 3.14. The van der Waals surface area contributed by atoms with E-state index in [4.69, 9.17) is 9.47 Å².